The molecule has 1 atom stereocenters. The summed E-state index contributed by atoms with van der Waals surface area (Å²) in [5, 5.41) is 2.99. The van der Waals surface area contributed by atoms with Crippen LogP contribution in [0.5, 0.6) is 0 Å². The zero-order valence-electron chi connectivity index (χ0n) is 17.5. The standard InChI is InChI=1S/C24H30N2O2/c1-17-6-8-18(9-7-17)16-25-22(28)24(5)14-15-26(24)21(27)19-10-12-20(13-11-19)23(2,3)4/h6-13H,14-16H2,1-5H3,(H,25,28). The maximum atomic E-state index is 13.0. The fourth-order valence-electron chi connectivity index (χ4n) is 3.47. The summed E-state index contributed by atoms with van der Waals surface area (Å²) in [6.45, 7) is 11.4. The molecule has 0 spiro atoms. The van der Waals surface area contributed by atoms with Gasteiger partial charge in [-0.05, 0) is 48.9 Å². The second-order valence-corrected chi connectivity index (χ2v) is 8.98. The lowest BCUT2D eigenvalue weighted by Crippen LogP contribution is -2.67. The van der Waals surface area contributed by atoms with Crippen LogP contribution in [0.4, 0.5) is 0 Å². The highest BCUT2D eigenvalue weighted by Crippen LogP contribution is 2.33. The molecule has 2 aromatic rings. The molecule has 0 bridgehead atoms. The van der Waals surface area contributed by atoms with Crippen molar-refractivity contribution in [2.45, 2.75) is 58.5 Å². The zero-order valence-corrected chi connectivity index (χ0v) is 17.5. The molecule has 3 rings (SSSR count). The van der Waals surface area contributed by atoms with E-state index in [1.807, 2.05) is 62.4 Å². The van der Waals surface area contributed by atoms with E-state index in [9.17, 15) is 9.59 Å². The van der Waals surface area contributed by atoms with Gasteiger partial charge in [0.25, 0.3) is 5.91 Å². The van der Waals surface area contributed by atoms with Crippen LogP contribution in [-0.4, -0.2) is 28.8 Å². The number of carbonyl (C=O) groups is 2. The highest BCUT2D eigenvalue weighted by molar-refractivity contribution is 6.00. The molecule has 1 saturated heterocycles. The van der Waals surface area contributed by atoms with Gasteiger partial charge in [-0.15, -0.1) is 0 Å². The third-order valence-electron chi connectivity index (χ3n) is 5.72. The van der Waals surface area contributed by atoms with Crippen LogP contribution in [0.2, 0.25) is 0 Å². The van der Waals surface area contributed by atoms with E-state index in [1.165, 1.54) is 11.1 Å². The van der Waals surface area contributed by atoms with Crippen molar-refractivity contribution in [3.8, 4) is 0 Å². The van der Waals surface area contributed by atoms with Crippen LogP contribution < -0.4 is 5.32 Å². The smallest absolute Gasteiger partial charge is 0.254 e. The van der Waals surface area contributed by atoms with E-state index in [4.69, 9.17) is 0 Å². The predicted octanol–water partition coefficient (Wildman–Crippen LogP) is 4.21. The summed E-state index contributed by atoms with van der Waals surface area (Å²) in [5.41, 5.74) is 3.32. The number of benzene rings is 2. The largest absolute Gasteiger partial charge is 0.350 e. The lowest BCUT2D eigenvalue weighted by molar-refractivity contribution is -0.137. The SMILES string of the molecule is Cc1ccc(CNC(=O)C2(C)CCN2C(=O)c2ccc(C(C)(C)C)cc2)cc1. The number of carbonyl (C=O) groups excluding carboxylic acids is 2. The number of rotatable bonds is 4. The second kappa shape index (κ2) is 7.42. The van der Waals surface area contributed by atoms with Crippen molar-refractivity contribution in [1.82, 2.24) is 10.2 Å². The topological polar surface area (TPSA) is 49.4 Å². The average Bonchev–Trinajstić information content (AvgIpc) is 2.65. The first-order valence-corrected chi connectivity index (χ1v) is 9.88. The van der Waals surface area contributed by atoms with Crippen molar-refractivity contribution in [2.75, 3.05) is 6.54 Å². The molecular weight excluding hydrogens is 348 g/mol. The van der Waals surface area contributed by atoms with Crippen LogP contribution in [0.3, 0.4) is 0 Å². The Bertz CT molecular complexity index is 863. The maximum Gasteiger partial charge on any atom is 0.254 e. The van der Waals surface area contributed by atoms with E-state index in [2.05, 4.69) is 26.1 Å². The third kappa shape index (κ3) is 3.96. The molecule has 4 nitrogen and oxygen atoms in total. The quantitative estimate of drug-likeness (QED) is 0.866. The number of amides is 2. The minimum absolute atomic E-state index is 0.0444. The number of nitrogens with one attached hydrogen (secondary N) is 1. The molecule has 1 aliphatic rings. The van der Waals surface area contributed by atoms with E-state index in [-0.39, 0.29) is 17.2 Å². The van der Waals surface area contributed by atoms with Crippen LogP contribution in [0, 0.1) is 6.92 Å². The van der Waals surface area contributed by atoms with E-state index < -0.39 is 5.54 Å². The molecule has 2 aromatic carbocycles. The average molecular weight is 379 g/mol. The van der Waals surface area contributed by atoms with Gasteiger partial charge in [-0.25, -0.2) is 0 Å². The molecule has 1 unspecified atom stereocenters. The van der Waals surface area contributed by atoms with Crippen LogP contribution in [0.25, 0.3) is 0 Å². The van der Waals surface area contributed by atoms with Gasteiger partial charge in [0, 0.05) is 18.7 Å². The van der Waals surface area contributed by atoms with Gasteiger partial charge in [0.2, 0.25) is 5.91 Å². The van der Waals surface area contributed by atoms with Gasteiger partial charge >= 0.3 is 0 Å². The molecular formula is C24H30N2O2. The maximum absolute atomic E-state index is 13.0. The van der Waals surface area contributed by atoms with Gasteiger partial charge in [-0.3, -0.25) is 9.59 Å². The van der Waals surface area contributed by atoms with Gasteiger partial charge in [0.05, 0.1) is 0 Å². The molecule has 0 aromatic heterocycles. The summed E-state index contributed by atoms with van der Waals surface area (Å²) in [5.74, 6) is -0.182. The Morgan fingerprint density at radius 3 is 2.14 bits per heavy atom. The Kier molecular flexibility index (Phi) is 5.33. The Balaban J connectivity index is 1.66. The number of aryl methyl sites for hydroxylation is 1. The van der Waals surface area contributed by atoms with Crippen molar-refractivity contribution in [3.05, 3.63) is 70.8 Å². The van der Waals surface area contributed by atoms with Crippen LogP contribution in [-0.2, 0) is 16.8 Å². The minimum atomic E-state index is -0.787. The van der Waals surface area contributed by atoms with Crippen molar-refractivity contribution in [3.63, 3.8) is 0 Å². The van der Waals surface area contributed by atoms with Crippen molar-refractivity contribution >= 4 is 11.8 Å². The molecule has 0 radical (unpaired) electrons. The van der Waals surface area contributed by atoms with E-state index in [0.29, 0.717) is 25.1 Å². The van der Waals surface area contributed by atoms with Gasteiger partial charge in [0.15, 0.2) is 0 Å². The first kappa shape index (κ1) is 20.1. The molecule has 148 valence electrons. The fourth-order valence-corrected chi connectivity index (χ4v) is 3.47. The monoisotopic (exact) mass is 378 g/mol. The number of likely N-dealkylation sites (tertiary alicyclic amines) is 1. The summed E-state index contributed by atoms with van der Waals surface area (Å²) in [6, 6.07) is 15.8. The Morgan fingerprint density at radius 1 is 1.04 bits per heavy atom. The lowest BCUT2D eigenvalue weighted by atomic mass is 9.84. The molecule has 1 N–H and O–H groups in total. The van der Waals surface area contributed by atoms with Gasteiger partial charge in [-0.2, -0.15) is 0 Å². The van der Waals surface area contributed by atoms with Crippen LogP contribution in [0.15, 0.2) is 48.5 Å². The Labute approximate surface area is 167 Å². The second-order valence-electron chi connectivity index (χ2n) is 8.98. The van der Waals surface area contributed by atoms with Crippen LogP contribution in [0.1, 0.15) is 61.2 Å². The fraction of sp³-hybridized carbons (Fsp3) is 0.417. The predicted molar refractivity (Wildman–Crippen MR) is 112 cm³/mol. The molecule has 2 amide bonds. The summed E-state index contributed by atoms with van der Waals surface area (Å²) in [7, 11) is 0. The summed E-state index contributed by atoms with van der Waals surface area (Å²) in [4.78, 5) is 27.5. The van der Waals surface area contributed by atoms with Gasteiger partial charge < -0.3 is 10.2 Å². The molecule has 1 aliphatic heterocycles. The van der Waals surface area contributed by atoms with Crippen molar-refractivity contribution < 1.29 is 9.59 Å². The zero-order chi connectivity index (χ0) is 20.5. The first-order chi connectivity index (χ1) is 13.1. The summed E-state index contributed by atoms with van der Waals surface area (Å²) in [6.07, 6.45) is 0.679. The molecule has 4 heteroatoms. The normalized spacial score (nSPS) is 19.1. The Morgan fingerprint density at radius 2 is 1.64 bits per heavy atom. The molecule has 1 heterocycles. The third-order valence-corrected chi connectivity index (χ3v) is 5.72. The van der Waals surface area contributed by atoms with Crippen LogP contribution >= 0.6 is 0 Å². The molecule has 1 fully saturated rings. The number of hydrogen-bond donors (Lipinski definition) is 1. The molecule has 0 aliphatic carbocycles. The number of hydrogen-bond acceptors (Lipinski definition) is 2. The van der Waals surface area contributed by atoms with E-state index in [0.717, 1.165) is 5.56 Å². The van der Waals surface area contributed by atoms with Gasteiger partial charge in [0.1, 0.15) is 5.54 Å². The van der Waals surface area contributed by atoms with E-state index >= 15 is 0 Å². The van der Waals surface area contributed by atoms with Crippen molar-refractivity contribution in [2.24, 2.45) is 0 Å². The summed E-state index contributed by atoms with van der Waals surface area (Å²) >= 11 is 0. The van der Waals surface area contributed by atoms with E-state index in [1.54, 1.807) is 4.90 Å². The lowest BCUT2D eigenvalue weighted by Gasteiger charge is -2.49. The summed E-state index contributed by atoms with van der Waals surface area (Å²) < 4.78 is 0. The van der Waals surface area contributed by atoms with Crippen molar-refractivity contribution in [1.29, 1.82) is 0 Å². The molecule has 0 saturated carbocycles. The van der Waals surface area contributed by atoms with Gasteiger partial charge in [-0.1, -0.05) is 62.7 Å². The highest BCUT2D eigenvalue weighted by atomic mass is 16.2. The Hall–Kier alpha value is -2.62. The first-order valence-electron chi connectivity index (χ1n) is 9.88. The molecule has 28 heavy (non-hydrogen) atoms. The highest BCUT2D eigenvalue weighted by Gasteiger charge is 2.49. The number of nitrogens with zero attached hydrogens (tertiary/aromatic N) is 1. The minimum Gasteiger partial charge on any atom is -0.350 e.